The Bertz CT molecular complexity index is 585. The Morgan fingerprint density at radius 3 is 2.26 bits per heavy atom. The van der Waals surface area contributed by atoms with Crippen LogP contribution in [0.15, 0.2) is 28.3 Å². The van der Waals surface area contributed by atoms with Crippen LogP contribution in [0.2, 0.25) is 0 Å². The normalized spacial score (nSPS) is 10.8. The van der Waals surface area contributed by atoms with E-state index in [4.69, 9.17) is 5.73 Å². The molecule has 2 rings (SSSR count). The van der Waals surface area contributed by atoms with Gasteiger partial charge >= 0.3 is 0 Å². The lowest BCUT2D eigenvalue weighted by Crippen LogP contribution is -2.02. The van der Waals surface area contributed by atoms with Gasteiger partial charge in [0.25, 0.3) is 0 Å². The van der Waals surface area contributed by atoms with Gasteiger partial charge < -0.3 is 5.73 Å². The van der Waals surface area contributed by atoms with Crippen LogP contribution in [0.4, 0.5) is 0 Å². The molecule has 1 aromatic carbocycles. The summed E-state index contributed by atoms with van der Waals surface area (Å²) in [6.07, 6.45) is 0. The van der Waals surface area contributed by atoms with E-state index in [0.29, 0.717) is 6.54 Å². The van der Waals surface area contributed by atoms with Crippen LogP contribution in [0, 0.1) is 27.7 Å². The molecule has 0 fully saturated rings. The molecule has 3 nitrogen and oxygen atoms in total. The van der Waals surface area contributed by atoms with E-state index < -0.39 is 0 Å². The zero-order valence-corrected chi connectivity index (χ0v) is 12.6. The lowest BCUT2D eigenvalue weighted by atomic mass is 10.1. The Balaban J connectivity index is 2.42. The molecule has 0 aliphatic heterocycles. The van der Waals surface area contributed by atoms with E-state index in [1.807, 2.05) is 19.9 Å². The second-order valence-electron chi connectivity index (χ2n) is 4.67. The van der Waals surface area contributed by atoms with Gasteiger partial charge in [-0.2, -0.15) is 0 Å². The van der Waals surface area contributed by atoms with E-state index in [1.54, 1.807) is 11.8 Å². The predicted octanol–water partition coefficient (Wildman–Crippen LogP) is 3.32. The topological polar surface area (TPSA) is 51.8 Å². The first-order valence-electron chi connectivity index (χ1n) is 6.31. The summed E-state index contributed by atoms with van der Waals surface area (Å²) in [4.78, 5) is 10.3. The molecule has 0 aliphatic carbocycles. The molecule has 0 bridgehead atoms. The molecule has 0 radical (unpaired) electrons. The van der Waals surface area contributed by atoms with Crippen molar-refractivity contribution in [1.29, 1.82) is 0 Å². The van der Waals surface area contributed by atoms with Gasteiger partial charge in [-0.3, -0.25) is 0 Å². The Kier molecular flexibility index (Phi) is 4.22. The van der Waals surface area contributed by atoms with Gasteiger partial charge in [-0.05, 0) is 56.1 Å². The maximum Gasteiger partial charge on any atom is 0.192 e. The minimum absolute atomic E-state index is 0.536. The predicted molar refractivity (Wildman–Crippen MR) is 79.4 cm³/mol. The summed E-state index contributed by atoms with van der Waals surface area (Å²) in [6.45, 7) is 8.73. The van der Waals surface area contributed by atoms with E-state index in [-0.39, 0.29) is 0 Å². The van der Waals surface area contributed by atoms with Crippen molar-refractivity contribution in [1.82, 2.24) is 9.97 Å². The molecule has 1 aromatic heterocycles. The molecule has 19 heavy (non-hydrogen) atoms. The SMILES string of the molecule is Cc1cccc(CN)c1Sc1nc(C)c(C)c(C)n1. The zero-order chi connectivity index (χ0) is 14.0. The van der Waals surface area contributed by atoms with E-state index in [0.717, 1.165) is 27.7 Å². The van der Waals surface area contributed by atoms with E-state index in [9.17, 15) is 0 Å². The van der Waals surface area contributed by atoms with Crippen LogP contribution in [0.25, 0.3) is 0 Å². The second kappa shape index (κ2) is 5.72. The van der Waals surface area contributed by atoms with E-state index >= 15 is 0 Å². The molecule has 0 aliphatic rings. The highest BCUT2D eigenvalue weighted by Crippen LogP contribution is 2.31. The third kappa shape index (κ3) is 2.96. The van der Waals surface area contributed by atoms with Crippen LogP contribution in [-0.2, 0) is 6.54 Å². The van der Waals surface area contributed by atoms with Crippen LogP contribution in [0.3, 0.4) is 0 Å². The van der Waals surface area contributed by atoms with Crippen LogP contribution in [0.5, 0.6) is 0 Å². The number of aryl methyl sites for hydroxylation is 3. The standard InChI is InChI=1S/C15H19N3S/c1-9-6-5-7-13(8-16)14(9)19-15-17-11(3)10(2)12(4)18-15/h5-7H,8,16H2,1-4H3. The van der Waals surface area contributed by atoms with Crippen molar-refractivity contribution >= 4 is 11.8 Å². The van der Waals surface area contributed by atoms with Gasteiger partial charge in [0.15, 0.2) is 5.16 Å². The number of aromatic nitrogens is 2. The third-order valence-corrected chi connectivity index (χ3v) is 4.47. The Morgan fingerprint density at radius 2 is 1.68 bits per heavy atom. The van der Waals surface area contributed by atoms with Gasteiger partial charge in [0.1, 0.15) is 0 Å². The molecule has 0 amide bonds. The van der Waals surface area contributed by atoms with Crippen LogP contribution in [0.1, 0.15) is 28.1 Å². The smallest absolute Gasteiger partial charge is 0.192 e. The Hall–Kier alpha value is -1.39. The monoisotopic (exact) mass is 273 g/mol. The van der Waals surface area contributed by atoms with Crippen molar-refractivity contribution in [2.24, 2.45) is 5.73 Å². The number of hydrogen-bond donors (Lipinski definition) is 1. The molecule has 2 aromatic rings. The molecule has 0 atom stereocenters. The van der Waals surface area contributed by atoms with Crippen molar-refractivity contribution in [3.8, 4) is 0 Å². The molecule has 0 unspecified atom stereocenters. The summed E-state index contributed by atoms with van der Waals surface area (Å²) in [5.41, 5.74) is 11.4. The maximum atomic E-state index is 5.80. The van der Waals surface area contributed by atoms with Crippen LogP contribution >= 0.6 is 11.8 Å². The number of nitrogens with two attached hydrogens (primary N) is 1. The Labute approximate surface area is 118 Å². The fourth-order valence-corrected chi connectivity index (χ4v) is 2.96. The minimum atomic E-state index is 0.536. The lowest BCUT2D eigenvalue weighted by Gasteiger charge is -2.11. The molecule has 0 saturated heterocycles. The molecule has 0 saturated carbocycles. The van der Waals surface area contributed by atoms with Crippen molar-refractivity contribution in [3.05, 3.63) is 46.3 Å². The first-order chi connectivity index (χ1) is 9.02. The summed E-state index contributed by atoms with van der Waals surface area (Å²) >= 11 is 1.60. The number of rotatable bonds is 3. The largest absolute Gasteiger partial charge is 0.326 e. The van der Waals surface area contributed by atoms with Crippen LogP contribution in [-0.4, -0.2) is 9.97 Å². The quantitative estimate of drug-likeness (QED) is 0.872. The van der Waals surface area contributed by atoms with E-state index in [1.165, 1.54) is 10.5 Å². The summed E-state index contributed by atoms with van der Waals surface area (Å²) in [5.74, 6) is 0. The van der Waals surface area contributed by atoms with Gasteiger partial charge in [-0.25, -0.2) is 9.97 Å². The first kappa shape index (κ1) is 14.0. The van der Waals surface area contributed by atoms with Gasteiger partial charge in [0.05, 0.1) is 0 Å². The maximum absolute atomic E-state index is 5.80. The average molecular weight is 273 g/mol. The molecule has 100 valence electrons. The number of hydrogen-bond acceptors (Lipinski definition) is 4. The van der Waals surface area contributed by atoms with Gasteiger partial charge in [0.2, 0.25) is 0 Å². The molecular formula is C15H19N3S. The molecular weight excluding hydrogens is 254 g/mol. The highest BCUT2D eigenvalue weighted by atomic mass is 32.2. The average Bonchev–Trinajstić information content (AvgIpc) is 2.38. The van der Waals surface area contributed by atoms with Crippen molar-refractivity contribution in [3.63, 3.8) is 0 Å². The first-order valence-corrected chi connectivity index (χ1v) is 7.12. The second-order valence-corrected chi connectivity index (χ2v) is 5.65. The molecule has 4 heteroatoms. The molecule has 1 heterocycles. The molecule has 2 N–H and O–H groups in total. The minimum Gasteiger partial charge on any atom is -0.326 e. The van der Waals surface area contributed by atoms with Crippen molar-refractivity contribution in [2.45, 2.75) is 44.3 Å². The fourth-order valence-electron chi connectivity index (χ4n) is 1.90. The highest BCUT2D eigenvalue weighted by molar-refractivity contribution is 7.99. The zero-order valence-electron chi connectivity index (χ0n) is 11.8. The fraction of sp³-hybridized carbons (Fsp3) is 0.333. The van der Waals surface area contributed by atoms with E-state index in [2.05, 4.69) is 35.9 Å². The van der Waals surface area contributed by atoms with Gasteiger partial charge in [0, 0.05) is 22.8 Å². The summed E-state index contributed by atoms with van der Waals surface area (Å²) in [5, 5.41) is 0.796. The highest BCUT2D eigenvalue weighted by Gasteiger charge is 2.10. The van der Waals surface area contributed by atoms with Crippen molar-refractivity contribution in [2.75, 3.05) is 0 Å². The summed E-state index contributed by atoms with van der Waals surface area (Å²) < 4.78 is 0. The third-order valence-electron chi connectivity index (χ3n) is 3.32. The molecule has 0 spiro atoms. The summed E-state index contributed by atoms with van der Waals surface area (Å²) in [7, 11) is 0. The lowest BCUT2D eigenvalue weighted by molar-refractivity contribution is 0.878. The van der Waals surface area contributed by atoms with Crippen LogP contribution < -0.4 is 5.73 Å². The Morgan fingerprint density at radius 1 is 1.05 bits per heavy atom. The number of nitrogens with zero attached hydrogens (tertiary/aromatic N) is 2. The summed E-state index contributed by atoms with van der Waals surface area (Å²) in [6, 6.07) is 6.19. The number of benzene rings is 1. The van der Waals surface area contributed by atoms with Gasteiger partial charge in [-0.15, -0.1) is 0 Å². The van der Waals surface area contributed by atoms with Gasteiger partial charge in [-0.1, -0.05) is 18.2 Å². The van der Waals surface area contributed by atoms with Crippen molar-refractivity contribution < 1.29 is 0 Å².